The zero-order chi connectivity index (χ0) is 24.8. The van der Waals surface area contributed by atoms with E-state index >= 15 is 0 Å². The lowest BCUT2D eigenvalue weighted by Crippen LogP contribution is -2.38. The van der Waals surface area contributed by atoms with E-state index in [0.29, 0.717) is 12.1 Å². The SMILES string of the molecule is COc1cccc(C(CNC(=O)c2cccc(S(=O)(=O)N(C)C3CCCCC3)c2)N2CCCC2)c1. The van der Waals surface area contributed by atoms with Gasteiger partial charge >= 0.3 is 0 Å². The normalized spacial score (nSPS) is 18.5. The van der Waals surface area contributed by atoms with E-state index in [-0.39, 0.29) is 22.9 Å². The lowest BCUT2D eigenvalue weighted by molar-refractivity contribution is 0.0937. The quantitative estimate of drug-likeness (QED) is 0.559. The number of ether oxygens (including phenoxy) is 1. The summed E-state index contributed by atoms with van der Waals surface area (Å²) in [6.07, 6.45) is 7.33. The van der Waals surface area contributed by atoms with Crippen LogP contribution >= 0.6 is 0 Å². The number of nitrogens with zero attached hydrogens (tertiary/aromatic N) is 2. The Morgan fingerprint density at radius 3 is 2.49 bits per heavy atom. The van der Waals surface area contributed by atoms with Gasteiger partial charge in [0.25, 0.3) is 5.91 Å². The number of likely N-dealkylation sites (tertiary alicyclic amines) is 1. The van der Waals surface area contributed by atoms with Crippen LogP contribution in [0, 0.1) is 0 Å². The molecular formula is C27H37N3O4S. The third kappa shape index (κ3) is 6.05. The predicted octanol–water partition coefficient (Wildman–Crippen LogP) is 4.22. The number of carbonyl (C=O) groups is 1. The summed E-state index contributed by atoms with van der Waals surface area (Å²) in [5.41, 5.74) is 1.45. The summed E-state index contributed by atoms with van der Waals surface area (Å²) in [5, 5.41) is 3.05. The van der Waals surface area contributed by atoms with Gasteiger partial charge in [-0.25, -0.2) is 8.42 Å². The molecular weight excluding hydrogens is 462 g/mol. The van der Waals surface area contributed by atoms with Crippen molar-refractivity contribution in [3.05, 3.63) is 59.7 Å². The van der Waals surface area contributed by atoms with Crippen molar-refractivity contribution >= 4 is 15.9 Å². The minimum Gasteiger partial charge on any atom is -0.497 e. The van der Waals surface area contributed by atoms with Crippen molar-refractivity contribution in [2.75, 3.05) is 33.8 Å². The fourth-order valence-electron chi connectivity index (χ4n) is 5.26. The van der Waals surface area contributed by atoms with Gasteiger partial charge in [0.15, 0.2) is 0 Å². The van der Waals surface area contributed by atoms with Crippen LogP contribution in [0.5, 0.6) is 5.75 Å². The van der Waals surface area contributed by atoms with E-state index in [1.165, 1.54) is 10.4 Å². The molecule has 0 bridgehead atoms. The van der Waals surface area contributed by atoms with Crippen molar-refractivity contribution in [3.8, 4) is 5.75 Å². The number of amides is 1. The van der Waals surface area contributed by atoms with Crippen LogP contribution in [0.4, 0.5) is 0 Å². The van der Waals surface area contributed by atoms with Gasteiger partial charge in [-0.1, -0.05) is 37.5 Å². The molecule has 0 radical (unpaired) electrons. The summed E-state index contributed by atoms with van der Waals surface area (Å²) in [6, 6.07) is 14.4. The maximum atomic E-state index is 13.3. The first kappa shape index (κ1) is 25.7. The molecule has 0 spiro atoms. The summed E-state index contributed by atoms with van der Waals surface area (Å²) in [4.78, 5) is 15.7. The summed E-state index contributed by atoms with van der Waals surface area (Å²) in [5.74, 6) is 0.521. The minimum atomic E-state index is -3.66. The first-order valence-corrected chi connectivity index (χ1v) is 14.1. The summed E-state index contributed by atoms with van der Waals surface area (Å²) in [6.45, 7) is 2.41. The molecule has 4 rings (SSSR count). The van der Waals surface area contributed by atoms with Crippen LogP contribution in [-0.4, -0.2) is 63.4 Å². The molecule has 1 atom stereocenters. The van der Waals surface area contributed by atoms with E-state index in [0.717, 1.165) is 69.3 Å². The zero-order valence-electron chi connectivity index (χ0n) is 20.8. The molecule has 2 aliphatic rings. The average Bonchev–Trinajstić information content (AvgIpc) is 3.43. The van der Waals surface area contributed by atoms with Gasteiger partial charge in [0.05, 0.1) is 18.0 Å². The van der Waals surface area contributed by atoms with Crippen molar-refractivity contribution < 1.29 is 17.9 Å². The standard InChI is InChI=1S/C27H37N3O4S/c1-29(23-12-4-3-5-13-23)35(32,33)25-15-9-11-22(19-25)27(31)28-20-26(30-16-6-7-17-30)21-10-8-14-24(18-21)34-2/h8-11,14-15,18-19,23,26H,3-7,12-13,16-17,20H2,1-2H3,(H,28,31). The second-order valence-corrected chi connectivity index (χ2v) is 11.6. The molecule has 1 aliphatic carbocycles. The van der Waals surface area contributed by atoms with Crippen LogP contribution in [0.15, 0.2) is 53.4 Å². The van der Waals surface area contributed by atoms with Crippen molar-refractivity contribution in [1.82, 2.24) is 14.5 Å². The number of hydrogen-bond acceptors (Lipinski definition) is 5. The largest absolute Gasteiger partial charge is 0.497 e. The second kappa shape index (κ2) is 11.5. The van der Waals surface area contributed by atoms with Gasteiger partial charge in [0, 0.05) is 25.2 Å². The highest BCUT2D eigenvalue weighted by Gasteiger charge is 2.30. The third-order valence-electron chi connectivity index (χ3n) is 7.38. The Morgan fingerprint density at radius 2 is 1.77 bits per heavy atom. The number of methoxy groups -OCH3 is 1. The molecule has 1 heterocycles. The summed E-state index contributed by atoms with van der Waals surface area (Å²) < 4.78 is 33.4. The maximum absolute atomic E-state index is 13.3. The summed E-state index contributed by atoms with van der Waals surface area (Å²) in [7, 11) is -0.348. The monoisotopic (exact) mass is 499 g/mol. The van der Waals surface area contributed by atoms with Crippen LogP contribution in [0.3, 0.4) is 0 Å². The van der Waals surface area contributed by atoms with Crippen LogP contribution < -0.4 is 10.1 Å². The highest BCUT2D eigenvalue weighted by Crippen LogP contribution is 2.28. The highest BCUT2D eigenvalue weighted by atomic mass is 32.2. The van der Waals surface area contributed by atoms with Crippen LogP contribution in [0.1, 0.15) is 66.9 Å². The lowest BCUT2D eigenvalue weighted by atomic mass is 9.96. The first-order chi connectivity index (χ1) is 16.9. The predicted molar refractivity (Wildman–Crippen MR) is 137 cm³/mol. The lowest BCUT2D eigenvalue weighted by Gasteiger charge is -2.30. The molecule has 1 amide bonds. The van der Waals surface area contributed by atoms with Gasteiger partial charge in [0.2, 0.25) is 10.0 Å². The van der Waals surface area contributed by atoms with E-state index in [4.69, 9.17) is 4.74 Å². The van der Waals surface area contributed by atoms with E-state index in [9.17, 15) is 13.2 Å². The number of sulfonamides is 1. The van der Waals surface area contributed by atoms with Gasteiger partial charge in [-0.2, -0.15) is 4.31 Å². The Balaban J connectivity index is 1.48. The van der Waals surface area contributed by atoms with Crippen molar-refractivity contribution in [1.29, 1.82) is 0 Å². The maximum Gasteiger partial charge on any atom is 0.251 e. The average molecular weight is 500 g/mol. The number of nitrogens with one attached hydrogen (secondary N) is 1. The molecule has 2 aromatic carbocycles. The van der Waals surface area contributed by atoms with Gasteiger partial charge in [0.1, 0.15) is 5.75 Å². The number of rotatable bonds is 9. The number of carbonyl (C=O) groups excluding carboxylic acids is 1. The fraction of sp³-hybridized carbons (Fsp3) is 0.519. The summed E-state index contributed by atoms with van der Waals surface area (Å²) >= 11 is 0. The Kier molecular flexibility index (Phi) is 8.46. The second-order valence-electron chi connectivity index (χ2n) is 9.59. The molecule has 7 nitrogen and oxygen atoms in total. The number of benzene rings is 2. The van der Waals surface area contributed by atoms with Gasteiger partial charge in [-0.05, 0) is 74.7 Å². The molecule has 1 unspecified atom stereocenters. The molecule has 8 heteroatoms. The van der Waals surface area contributed by atoms with Crippen molar-refractivity contribution in [2.45, 2.75) is 61.9 Å². The Hall–Kier alpha value is -2.42. The molecule has 35 heavy (non-hydrogen) atoms. The van der Waals surface area contributed by atoms with Crippen molar-refractivity contribution in [3.63, 3.8) is 0 Å². The van der Waals surface area contributed by atoms with Gasteiger partial charge < -0.3 is 10.1 Å². The van der Waals surface area contributed by atoms with Gasteiger partial charge in [-0.3, -0.25) is 9.69 Å². The molecule has 0 aromatic heterocycles. The fourth-order valence-corrected chi connectivity index (χ4v) is 6.72. The van der Waals surface area contributed by atoms with Gasteiger partial charge in [-0.15, -0.1) is 0 Å². The topological polar surface area (TPSA) is 78.9 Å². The highest BCUT2D eigenvalue weighted by molar-refractivity contribution is 7.89. The van der Waals surface area contributed by atoms with E-state index in [2.05, 4.69) is 16.3 Å². The van der Waals surface area contributed by atoms with E-state index in [1.54, 1.807) is 32.4 Å². The van der Waals surface area contributed by atoms with E-state index in [1.807, 2.05) is 18.2 Å². The molecule has 1 N–H and O–H groups in total. The zero-order valence-corrected chi connectivity index (χ0v) is 21.6. The Labute approximate surface area is 209 Å². The minimum absolute atomic E-state index is 0.0234. The molecule has 190 valence electrons. The molecule has 1 saturated carbocycles. The Morgan fingerprint density at radius 1 is 1.06 bits per heavy atom. The molecule has 2 fully saturated rings. The molecule has 1 aliphatic heterocycles. The van der Waals surface area contributed by atoms with Crippen LogP contribution in [0.25, 0.3) is 0 Å². The molecule has 2 aromatic rings. The molecule has 1 saturated heterocycles. The van der Waals surface area contributed by atoms with Crippen LogP contribution in [0.2, 0.25) is 0 Å². The number of hydrogen-bond donors (Lipinski definition) is 1. The smallest absolute Gasteiger partial charge is 0.251 e. The Bertz CT molecular complexity index is 1110. The third-order valence-corrected chi connectivity index (χ3v) is 9.28. The first-order valence-electron chi connectivity index (χ1n) is 12.6. The van der Waals surface area contributed by atoms with Crippen molar-refractivity contribution in [2.24, 2.45) is 0 Å². The van der Waals surface area contributed by atoms with Crippen LogP contribution in [-0.2, 0) is 10.0 Å². The van der Waals surface area contributed by atoms with E-state index < -0.39 is 10.0 Å².